The standard InChI is InChI=1S/C20H21FN2O3S/c21-16-4-2-1-3-15(16)19-7-8-23(9-10-27-19)20(24)22-12-14-5-6-17-18(11-14)26-13-25-17/h1-6,11,19H,7-10,12-13H2,(H,22,24)/t19-/m0/s1. The molecule has 0 aliphatic carbocycles. The number of carbonyl (C=O) groups is 1. The first-order valence-corrected chi connectivity index (χ1v) is 10.0. The maximum Gasteiger partial charge on any atom is 0.317 e. The number of nitrogens with one attached hydrogen (secondary N) is 1. The topological polar surface area (TPSA) is 50.8 Å². The van der Waals surface area contributed by atoms with E-state index in [0.717, 1.165) is 29.1 Å². The second-order valence-electron chi connectivity index (χ2n) is 6.50. The number of ether oxygens (including phenoxy) is 2. The van der Waals surface area contributed by atoms with Gasteiger partial charge in [-0.05, 0) is 30.2 Å². The number of fused-ring (bicyclic) bond motifs is 1. The number of nitrogens with zero attached hydrogens (tertiary/aromatic N) is 1. The van der Waals surface area contributed by atoms with Crippen LogP contribution in [0.1, 0.15) is 22.8 Å². The van der Waals surface area contributed by atoms with Crippen LogP contribution in [0.4, 0.5) is 9.18 Å². The molecule has 2 aliphatic rings. The van der Waals surface area contributed by atoms with Crippen LogP contribution in [0, 0.1) is 5.82 Å². The molecule has 27 heavy (non-hydrogen) atoms. The summed E-state index contributed by atoms with van der Waals surface area (Å²) in [5.41, 5.74) is 1.69. The third-order valence-electron chi connectivity index (χ3n) is 4.76. The fourth-order valence-electron chi connectivity index (χ4n) is 3.30. The lowest BCUT2D eigenvalue weighted by Crippen LogP contribution is -2.40. The van der Waals surface area contributed by atoms with Crippen molar-refractivity contribution in [1.82, 2.24) is 10.2 Å². The molecule has 2 aliphatic heterocycles. The summed E-state index contributed by atoms with van der Waals surface area (Å²) < 4.78 is 24.7. The second kappa shape index (κ2) is 8.08. The molecule has 2 amide bonds. The highest BCUT2D eigenvalue weighted by molar-refractivity contribution is 7.99. The molecule has 0 unspecified atom stereocenters. The third kappa shape index (κ3) is 4.13. The fraction of sp³-hybridized carbons (Fsp3) is 0.350. The second-order valence-corrected chi connectivity index (χ2v) is 7.81. The third-order valence-corrected chi connectivity index (χ3v) is 6.07. The highest BCUT2D eigenvalue weighted by Crippen LogP contribution is 2.35. The molecular formula is C20H21FN2O3S. The van der Waals surface area contributed by atoms with Gasteiger partial charge in [-0.25, -0.2) is 9.18 Å². The summed E-state index contributed by atoms with van der Waals surface area (Å²) in [4.78, 5) is 14.3. The number of urea groups is 1. The van der Waals surface area contributed by atoms with Gasteiger partial charge in [0, 0.05) is 36.2 Å². The zero-order valence-electron chi connectivity index (χ0n) is 14.8. The molecule has 1 fully saturated rings. The van der Waals surface area contributed by atoms with Crippen LogP contribution in [-0.4, -0.2) is 36.6 Å². The van der Waals surface area contributed by atoms with Crippen molar-refractivity contribution < 1.29 is 18.7 Å². The van der Waals surface area contributed by atoms with E-state index in [1.807, 2.05) is 30.3 Å². The summed E-state index contributed by atoms with van der Waals surface area (Å²) in [6.45, 7) is 1.93. The molecule has 2 aromatic rings. The Morgan fingerprint density at radius 2 is 2.04 bits per heavy atom. The zero-order valence-corrected chi connectivity index (χ0v) is 15.6. The lowest BCUT2D eigenvalue weighted by molar-refractivity contribution is 0.174. The van der Waals surface area contributed by atoms with E-state index >= 15 is 0 Å². The molecule has 1 saturated heterocycles. The Labute approximate surface area is 161 Å². The summed E-state index contributed by atoms with van der Waals surface area (Å²) in [6, 6.07) is 12.5. The van der Waals surface area contributed by atoms with Crippen molar-refractivity contribution in [1.29, 1.82) is 0 Å². The minimum absolute atomic E-state index is 0.0814. The monoisotopic (exact) mass is 388 g/mol. The van der Waals surface area contributed by atoms with Crippen molar-refractivity contribution >= 4 is 17.8 Å². The SMILES string of the molecule is O=C(NCc1ccc2c(c1)OCO2)N1CCS[C@H](c2ccccc2F)CC1. The van der Waals surface area contributed by atoms with Crippen molar-refractivity contribution in [3.05, 3.63) is 59.4 Å². The number of hydrogen-bond acceptors (Lipinski definition) is 4. The molecule has 1 N–H and O–H groups in total. The van der Waals surface area contributed by atoms with E-state index in [-0.39, 0.29) is 23.9 Å². The maximum absolute atomic E-state index is 14.0. The minimum atomic E-state index is -0.171. The van der Waals surface area contributed by atoms with Crippen LogP contribution in [0.2, 0.25) is 0 Å². The summed E-state index contributed by atoms with van der Waals surface area (Å²) in [7, 11) is 0. The number of halogens is 1. The predicted molar refractivity (Wildman–Crippen MR) is 103 cm³/mol. The molecule has 0 radical (unpaired) electrons. The highest BCUT2D eigenvalue weighted by atomic mass is 32.2. The van der Waals surface area contributed by atoms with Crippen molar-refractivity contribution in [2.45, 2.75) is 18.2 Å². The van der Waals surface area contributed by atoms with Gasteiger partial charge in [0.2, 0.25) is 6.79 Å². The van der Waals surface area contributed by atoms with Gasteiger partial charge in [-0.1, -0.05) is 24.3 Å². The molecule has 5 nitrogen and oxygen atoms in total. The van der Waals surface area contributed by atoms with Gasteiger partial charge < -0.3 is 19.7 Å². The molecule has 1 atom stereocenters. The molecule has 0 aromatic heterocycles. The average molecular weight is 388 g/mol. The normalized spacial score (nSPS) is 18.9. The molecule has 0 saturated carbocycles. The molecule has 2 aromatic carbocycles. The fourth-order valence-corrected chi connectivity index (χ4v) is 4.55. The number of rotatable bonds is 3. The first-order valence-electron chi connectivity index (χ1n) is 8.98. The predicted octanol–water partition coefficient (Wildman–Crippen LogP) is 3.94. The Bertz CT molecular complexity index is 833. The van der Waals surface area contributed by atoms with Gasteiger partial charge in [0.05, 0.1) is 0 Å². The first-order chi connectivity index (χ1) is 13.2. The number of carbonyl (C=O) groups excluding carboxylic acids is 1. The molecule has 0 spiro atoms. The van der Waals surface area contributed by atoms with E-state index in [9.17, 15) is 9.18 Å². The van der Waals surface area contributed by atoms with Crippen LogP contribution in [0.5, 0.6) is 11.5 Å². The van der Waals surface area contributed by atoms with Crippen molar-refractivity contribution in [3.63, 3.8) is 0 Å². The van der Waals surface area contributed by atoms with Gasteiger partial charge >= 0.3 is 6.03 Å². The highest BCUT2D eigenvalue weighted by Gasteiger charge is 2.23. The van der Waals surface area contributed by atoms with Gasteiger partial charge in [-0.15, -0.1) is 0 Å². The van der Waals surface area contributed by atoms with Crippen molar-refractivity contribution in [2.24, 2.45) is 0 Å². The average Bonchev–Trinajstić information content (AvgIpc) is 3.01. The largest absolute Gasteiger partial charge is 0.454 e. The van der Waals surface area contributed by atoms with Gasteiger partial charge in [-0.3, -0.25) is 0 Å². The van der Waals surface area contributed by atoms with E-state index in [0.29, 0.717) is 25.4 Å². The van der Waals surface area contributed by atoms with Gasteiger partial charge in [0.25, 0.3) is 0 Å². The van der Waals surface area contributed by atoms with Crippen molar-refractivity contribution in [2.75, 3.05) is 25.6 Å². The van der Waals surface area contributed by atoms with Crippen LogP contribution in [0.3, 0.4) is 0 Å². The zero-order chi connectivity index (χ0) is 18.6. The Kier molecular flexibility index (Phi) is 5.38. The maximum atomic E-state index is 14.0. The Morgan fingerprint density at radius 3 is 2.93 bits per heavy atom. The van der Waals surface area contributed by atoms with Crippen LogP contribution in [-0.2, 0) is 6.54 Å². The lowest BCUT2D eigenvalue weighted by atomic mass is 10.1. The van der Waals surface area contributed by atoms with Gasteiger partial charge in [0.15, 0.2) is 11.5 Å². The summed E-state index contributed by atoms with van der Waals surface area (Å²) in [5, 5.41) is 3.04. The van der Waals surface area contributed by atoms with E-state index in [1.54, 1.807) is 22.7 Å². The first kappa shape index (κ1) is 18.0. The number of benzene rings is 2. The number of amides is 2. The molecule has 0 bridgehead atoms. The smallest absolute Gasteiger partial charge is 0.317 e. The van der Waals surface area contributed by atoms with Crippen LogP contribution < -0.4 is 14.8 Å². The Balaban J connectivity index is 1.32. The summed E-state index contributed by atoms with van der Waals surface area (Å²) >= 11 is 1.71. The van der Waals surface area contributed by atoms with E-state index in [4.69, 9.17) is 9.47 Å². The van der Waals surface area contributed by atoms with E-state index in [1.165, 1.54) is 6.07 Å². The minimum Gasteiger partial charge on any atom is -0.454 e. The number of thioether (sulfide) groups is 1. The van der Waals surface area contributed by atoms with Crippen LogP contribution in [0.25, 0.3) is 0 Å². The Hall–Kier alpha value is -2.41. The molecule has 142 valence electrons. The molecule has 4 rings (SSSR count). The summed E-state index contributed by atoms with van der Waals surface area (Å²) in [5.74, 6) is 2.06. The van der Waals surface area contributed by atoms with Gasteiger partial charge in [-0.2, -0.15) is 11.8 Å². The van der Waals surface area contributed by atoms with Gasteiger partial charge in [0.1, 0.15) is 5.82 Å². The van der Waals surface area contributed by atoms with Crippen molar-refractivity contribution in [3.8, 4) is 11.5 Å². The quantitative estimate of drug-likeness (QED) is 0.865. The summed E-state index contributed by atoms with van der Waals surface area (Å²) in [6.07, 6.45) is 0.739. The lowest BCUT2D eigenvalue weighted by Gasteiger charge is -2.21. The van der Waals surface area contributed by atoms with Crippen LogP contribution >= 0.6 is 11.8 Å². The molecular weight excluding hydrogens is 367 g/mol. The molecule has 7 heteroatoms. The van der Waals surface area contributed by atoms with E-state index in [2.05, 4.69) is 5.32 Å². The number of hydrogen-bond donors (Lipinski definition) is 1. The molecule has 2 heterocycles. The van der Waals surface area contributed by atoms with E-state index < -0.39 is 0 Å². The Morgan fingerprint density at radius 1 is 1.19 bits per heavy atom. The van der Waals surface area contributed by atoms with Crippen LogP contribution in [0.15, 0.2) is 42.5 Å².